The highest BCUT2D eigenvalue weighted by atomic mass is 16.4. The molecule has 0 amide bonds. The maximum Gasteiger partial charge on any atom is 0.306 e. The van der Waals surface area contributed by atoms with Gasteiger partial charge in [-0.2, -0.15) is 0 Å². The SMILES string of the molecule is CCC(C(=O)O)C1CCC2(CCc3ccccc32)CC1. The minimum absolute atomic E-state index is 0.135. The number of carboxylic acid groups (broad SMARTS) is 1. The van der Waals surface area contributed by atoms with Gasteiger partial charge in [0, 0.05) is 0 Å². The first-order valence-electron chi connectivity index (χ1n) is 7.97. The van der Waals surface area contributed by atoms with Crippen molar-refractivity contribution in [2.45, 2.75) is 57.3 Å². The number of hydrogen-bond donors (Lipinski definition) is 1. The van der Waals surface area contributed by atoms with E-state index in [1.165, 1.54) is 31.2 Å². The van der Waals surface area contributed by atoms with E-state index in [1.807, 2.05) is 6.92 Å². The fraction of sp³-hybridized carbons (Fsp3) is 0.611. The summed E-state index contributed by atoms with van der Waals surface area (Å²) < 4.78 is 0. The van der Waals surface area contributed by atoms with Gasteiger partial charge in [0.1, 0.15) is 0 Å². The van der Waals surface area contributed by atoms with Gasteiger partial charge in [-0.15, -0.1) is 0 Å². The van der Waals surface area contributed by atoms with Crippen LogP contribution in [0.15, 0.2) is 24.3 Å². The second-order valence-corrected chi connectivity index (χ2v) is 6.63. The van der Waals surface area contributed by atoms with Gasteiger partial charge in [-0.3, -0.25) is 4.79 Å². The molecule has 1 N–H and O–H groups in total. The minimum atomic E-state index is -0.597. The molecule has 3 rings (SSSR count). The van der Waals surface area contributed by atoms with E-state index in [1.54, 1.807) is 5.56 Å². The molecule has 1 saturated carbocycles. The zero-order valence-electron chi connectivity index (χ0n) is 12.3. The van der Waals surface area contributed by atoms with Crippen molar-refractivity contribution in [3.05, 3.63) is 35.4 Å². The number of aryl methyl sites for hydroxylation is 1. The molecule has 1 unspecified atom stereocenters. The molecule has 1 aromatic carbocycles. The lowest BCUT2D eigenvalue weighted by Gasteiger charge is -2.40. The minimum Gasteiger partial charge on any atom is -0.481 e. The molecule has 1 aromatic rings. The number of carboxylic acids is 1. The highest BCUT2D eigenvalue weighted by Crippen LogP contribution is 2.51. The van der Waals surface area contributed by atoms with E-state index in [-0.39, 0.29) is 5.92 Å². The standard InChI is InChI=1S/C18H24O2/c1-2-15(17(19)20)13-7-10-18(11-8-13)12-9-14-5-3-4-6-16(14)18/h3-6,13,15H,2,7-12H2,1H3,(H,19,20). The van der Waals surface area contributed by atoms with Gasteiger partial charge in [0.2, 0.25) is 0 Å². The van der Waals surface area contributed by atoms with E-state index >= 15 is 0 Å². The molecule has 108 valence electrons. The van der Waals surface area contributed by atoms with Crippen molar-refractivity contribution in [3.8, 4) is 0 Å². The summed E-state index contributed by atoms with van der Waals surface area (Å²) in [4.78, 5) is 11.3. The zero-order valence-corrected chi connectivity index (χ0v) is 12.3. The van der Waals surface area contributed by atoms with Crippen molar-refractivity contribution in [1.29, 1.82) is 0 Å². The van der Waals surface area contributed by atoms with Gasteiger partial charge in [-0.1, -0.05) is 31.2 Å². The predicted octanol–water partition coefficient (Wildman–Crippen LogP) is 4.17. The average Bonchev–Trinajstić information content (AvgIpc) is 2.81. The van der Waals surface area contributed by atoms with Crippen LogP contribution in [0.4, 0.5) is 0 Å². The Kier molecular flexibility index (Phi) is 3.57. The molecule has 0 aliphatic heterocycles. The summed E-state index contributed by atoms with van der Waals surface area (Å²) in [6.45, 7) is 2.01. The van der Waals surface area contributed by atoms with Gasteiger partial charge in [-0.05, 0) is 67.4 Å². The predicted molar refractivity (Wildman–Crippen MR) is 79.8 cm³/mol. The third kappa shape index (κ3) is 2.15. The lowest BCUT2D eigenvalue weighted by atomic mass is 9.64. The summed E-state index contributed by atoms with van der Waals surface area (Å²) in [5.74, 6) is -0.347. The van der Waals surface area contributed by atoms with Crippen LogP contribution >= 0.6 is 0 Å². The van der Waals surface area contributed by atoms with Crippen LogP contribution < -0.4 is 0 Å². The Balaban J connectivity index is 1.75. The summed E-state index contributed by atoms with van der Waals surface area (Å²) in [7, 11) is 0. The van der Waals surface area contributed by atoms with E-state index in [0.29, 0.717) is 11.3 Å². The first-order chi connectivity index (χ1) is 9.66. The van der Waals surface area contributed by atoms with Crippen LogP contribution in [0.3, 0.4) is 0 Å². The van der Waals surface area contributed by atoms with Crippen LogP contribution in [0.1, 0.15) is 56.6 Å². The van der Waals surface area contributed by atoms with Crippen LogP contribution in [0.5, 0.6) is 0 Å². The second kappa shape index (κ2) is 5.23. The van der Waals surface area contributed by atoms with Gasteiger partial charge in [0.15, 0.2) is 0 Å². The van der Waals surface area contributed by atoms with Crippen molar-refractivity contribution in [2.75, 3.05) is 0 Å². The number of hydrogen-bond acceptors (Lipinski definition) is 1. The number of fused-ring (bicyclic) bond motifs is 2. The molecule has 0 aromatic heterocycles. The number of rotatable bonds is 3. The number of benzene rings is 1. The topological polar surface area (TPSA) is 37.3 Å². The van der Waals surface area contributed by atoms with Crippen LogP contribution in [0.2, 0.25) is 0 Å². The largest absolute Gasteiger partial charge is 0.481 e. The first kappa shape index (κ1) is 13.7. The third-order valence-corrected chi connectivity index (χ3v) is 5.78. The number of carbonyl (C=O) groups is 1. The van der Waals surface area contributed by atoms with Crippen LogP contribution in [-0.4, -0.2) is 11.1 Å². The summed E-state index contributed by atoms with van der Waals surface area (Å²) in [5, 5.41) is 9.34. The summed E-state index contributed by atoms with van der Waals surface area (Å²) in [5.41, 5.74) is 3.45. The van der Waals surface area contributed by atoms with Crippen molar-refractivity contribution < 1.29 is 9.90 Å². The normalized spacial score (nSPS) is 30.1. The van der Waals surface area contributed by atoms with E-state index in [2.05, 4.69) is 24.3 Å². The molecule has 1 atom stereocenters. The van der Waals surface area contributed by atoms with Gasteiger partial charge in [0.05, 0.1) is 5.92 Å². The smallest absolute Gasteiger partial charge is 0.306 e. The van der Waals surface area contributed by atoms with Crippen molar-refractivity contribution in [1.82, 2.24) is 0 Å². The zero-order chi connectivity index (χ0) is 14.2. The summed E-state index contributed by atoms with van der Waals surface area (Å²) in [6, 6.07) is 8.87. The second-order valence-electron chi connectivity index (χ2n) is 6.63. The molecule has 20 heavy (non-hydrogen) atoms. The maximum absolute atomic E-state index is 11.3. The fourth-order valence-electron chi connectivity index (χ4n) is 4.59. The Hall–Kier alpha value is -1.31. The Bertz CT molecular complexity index is 498. The van der Waals surface area contributed by atoms with Crippen molar-refractivity contribution in [3.63, 3.8) is 0 Å². The van der Waals surface area contributed by atoms with Crippen LogP contribution in [0, 0.1) is 11.8 Å². The Morgan fingerprint density at radius 2 is 2.00 bits per heavy atom. The van der Waals surface area contributed by atoms with E-state index < -0.39 is 5.97 Å². The van der Waals surface area contributed by atoms with Gasteiger partial charge in [0.25, 0.3) is 0 Å². The van der Waals surface area contributed by atoms with Crippen molar-refractivity contribution in [2.24, 2.45) is 11.8 Å². The third-order valence-electron chi connectivity index (χ3n) is 5.78. The van der Waals surface area contributed by atoms with Crippen molar-refractivity contribution >= 4 is 5.97 Å². The molecule has 2 aliphatic carbocycles. The summed E-state index contributed by atoms with van der Waals surface area (Å²) >= 11 is 0. The molecule has 0 bridgehead atoms. The van der Waals surface area contributed by atoms with Gasteiger partial charge < -0.3 is 5.11 Å². The lowest BCUT2D eigenvalue weighted by molar-refractivity contribution is -0.144. The molecule has 2 aliphatic rings. The molecule has 0 radical (unpaired) electrons. The Labute approximate surface area is 121 Å². The maximum atomic E-state index is 11.3. The molecule has 1 spiro atoms. The molecule has 0 saturated heterocycles. The number of aliphatic carboxylic acids is 1. The van der Waals surface area contributed by atoms with E-state index in [0.717, 1.165) is 19.3 Å². The molecule has 2 heteroatoms. The summed E-state index contributed by atoms with van der Waals surface area (Å²) in [6.07, 6.45) is 7.76. The molecular formula is C18H24O2. The highest BCUT2D eigenvalue weighted by Gasteiger charge is 2.43. The molecule has 1 fully saturated rings. The van der Waals surface area contributed by atoms with Gasteiger partial charge in [-0.25, -0.2) is 0 Å². The van der Waals surface area contributed by atoms with E-state index in [9.17, 15) is 9.90 Å². The molecular weight excluding hydrogens is 248 g/mol. The molecule has 0 heterocycles. The van der Waals surface area contributed by atoms with Crippen LogP contribution in [-0.2, 0) is 16.6 Å². The van der Waals surface area contributed by atoms with Gasteiger partial charge >= 0.3 is 5.97 Å². The highest BCUT2D eigenvalue weighted by molar-refractivity contribution is 5.70. The fourth-order valence-corrected chi connectivity index (χ4v) is 4.59. The Morgan fingerprint density at radius 3 is 2.65 bits per heavy atom. The quantitative estimate of drug-likeness (QED) is 0.896. The monoisotopic (exact) mass is 272 g/mol. The average molecular weight is 272 g/mol. The molecule has 2 nitrogen and oxygen atoms in total. The Morgan fingerprint density at radius 1 is 1.30 bits per heavy atom. The van der Waals surface area contributed by atoms with Crippen LogP contribution in [0.25, 0.3) is 0 Å². The lowest BCUT2D eigenvalue weighted by Crippen LogP contribution is -2.34. The van der Waals surface area contributed by atoms with E-state index in [4.69, 9.17) is 0 Å². The first-order valence-corrected chi connectivity index (χ1v) is 7.97.